The molecule has 0 unspecified atom stereocenters. The fraction of sp³-hybridized carbons (Fsp3) is 0.0526. The van der Waals surface area contributed by atoms with E-state index in [-0.39, 0.29) is 5.91 Å². The Hall–Kier alpha value is -3.05. The summed E-state index contributed by atoms with van der Waals surface area (Å²) >= 11 is 6.13. The topological polar surface area (TPSA) is 63.2 Å². The average Bonchev–Trinajstić information content (AvgIpc) is 2.64. The van der Waals surface area contributed by atoms with Crippen LogP contribution in [-0.2, 0) is 0 Å². The molecule has 0 radical (unpaired) electrons. The van der Waals surface area contributed by atoms with Gasteiger partial charge in [-0.25, -0.2) is 4.98 Å². The summed E-state index contributed by atoms with van der Waals surface area (Å²) in [7, 11) is 1.58. The highest BCUT2D eigenvalue weighted by atomic mass is 35.5. The van der Waals surface area contributed by atoms with Crippen LogP contribution in [0.4, 0.5) is 17.2 Å². The molecule has 0 spiro atoms. The van der Waals surface area contributed by atoms with Crippen molar-refractivity contribution < 1.29 is 9.53 Å². The number of rotatable bonds is 5. The van der Waals surface area contributed by atoms with Gasteiger partial charge in [0.2, 0.25) is 0 Å². The lowest BCUT2D eigenvalue weighted by Gasteiger charge is -2.10. The van der Waals surface area contributed by atoms with Crippen LogP contribution in [0.5, 0.6) is 5.75 Å². The van der Waals surface area contributed by atoms with Crippen molar-refractivity contribution in [2.75, 3.05) is 17.7 Å². The molecule has 0 aliphatic heterocycles. The van der Waals surface area contributed by atoms with Gasteiger partial charge >= 0.3 is 0 Å². The number of carbonyl (C=O) groups excluding carboxylic acids is 1. The molecule has 0 bridgehead atoms. The monoisotopic (exact) mass is 353 g/mol. The molecule has 3 aromatic rings. The molecule has 0 atom stereocenters. The maximum Gasteiger partial charge on any atom is 0.255 e. The van der Waals surface area contributed by atoms with Crippen LogP contribution in [0.15, 0.2) is 66.9 Å². The lowest BCUT2D eigenvalue weighted by molar-refractivity contribution is 0.102. The van der Waals surface area contributed by atoms with Gasteiger partial charge in [-0.2, -0.15) is 0 Å². The average molecular weight is 354 g/mol. The van der Waals surface area contributed by atoms with E-state index in [0.717, 1.165) is 5.69 Å². The van der Waals surface area contributed by atoms with Crippen LogP contribution in [0, 0.1) is 0 Å². The van der Waals surface area contributed by atoms with Crippen LogP contribution in [0.2, 0.25) is 5.02 Å². The minimum Gasteiger partial charge on any atom is -0.497 e. The van der Waals surface area contributed by atoms with Crippen LogP contribution in [0.3, 0.4) is 0 Å². The number of nitrogens with one attached hydrogen (secondary N) is 2. The summed E-state index contributed by atoms with van der Waals surface area (Å²) < 4.78 is 5.16. The predicted molar refractivity (Wildman–Crippen MR) is 99.9 cm³/mol. The van der Waals surface area contributed by atoms with Crippen molar-refractivity contribution in [2.45, 2.75) is 0 Å². The van der Waals surface area contributed by atoms with Crippen molar-refractivity contribution in [1.29, 1.82) is 0 Å². The maximum absolute atomic E-state index is 12.5. The lowest BCUT2D eigenvalue weighted by Crippen LogP contribution is -2.12. The first-order valence-electron chi connectivity index (χ1n) is 7.59. The number of hydrogen-bond acceptors (Lipinski definition) is 4. The molecule has 0 aliphatic carbocycles. The molecule has 3 rings (SSSR count). The highest BCUT2D eigenvalue weighted by molar-refractivity contribution is 6.33. The third-order valence-electron chi connectivity index (χ3n) is 3.49. The second-order valence-electron chi connectivity index (χ2n) is 5.22. The number of pyridine rings is 1. The summed E-state index contributed by atoms with van der Waals surface area (Å²) in [5, 5.41) is 6.52. The van der Waals surface area contributed by atoms with Crippen LogP contribution in [-0.4, -0.2) is 18.0 Å². The predicted octanol–water partition coefficient (Wildman–Crippen LogP) is 4.74. The first-order valence-corrected chi connectivity index (χ1v) is 7.96. The van der Waals surface area contributed by atoms with Gasteiger partial charge in [-0.1, -0.05) is 29.8 Å². The fourth-order valence-corrected chi connectivity index (χ4v) is 2.43. The number of para-hydroxylation sites is 1. The Bertz CT molecular complexity index is 899. The number of nitrogens with zero attached hydrogens (tertiary/aromatic N) is 1. The summed E-state index contributed by atoms with van der Waals surface area (Å²) in [5.41, 5.74) is 1.86. The van der Waals surface area contributed by atoms with E-state index in [9.17, 15) is 4.79 Å². The zero-order valence-electron chi connectivity index (χ0n) is 13.5. The Morgan fingerprint density at radius 1 is 1.08 bits per heavy atom. The van der Waals surface area contributed by atoms with Gasteiger partial charge in [0, 0.05) is 23.5 Å². The van der Waals surface area contributed by atoms with Crippen LogP contribution < -0.4 is 15.4 Å². The highest BCUT2D eigenvalue weighted by Gasteiger charge is 2.09. The van der Waals surface area contributed by atoms with Gasteiger partial charge in [-0.05, 0) is 36.4 Å². The molecular weight excluding hydrogens is 338 g/mol. The fourth-order valence-electron chi connectivity index (χ4n) is 2.24. The number of hydrogen-bond donors (Lipinski definition) is 2. The van der Waals surface area contributed by atoms with E-state index in [4.69, 9.17) is 16.3 Å². The van der Waals surface area contributed by atoms with E-state index >= 15 is 0 Å². The first kappa shape index (κ1) is 16.8. The van der Waals surface area contributed by atoms with Crippen molar-refractivity contribution in [3.8, 4) is 5.75 Å². The third-order valence-corrected chi connectivity index (χ3v) is 3.82. The van der Waals surface area contributed by atoms with E-state index in [2.05, 4.69) is 15.6 Å². The van der Waals surface area contributed by atoms with Crippen LogP contribution in [0.25, 0.3) is 0 Å². The lowest BCUT2D eigenvalue weighted by atomic mass is 10.2. The number of methoxy groups -OCH3 is 1. The van der Waals surface area contributed by atoms with Crippen molar-refractivity contribution in [3.05, 3.63) is 77.4 Å². The molecule has 2 N–H and O–H groups in total. The Morgan fingerprint density at radius 2 is 1.92 bits per heavy atom. The van der Waals surface area contributed by atoms with Crippen LogP contribution in [0.1, 0.15) is 10.4 Å². The van der Waals surface area contributed by atoms with Crippen molar-refractivity contribution >= 4 is 34.7 Å². The number of halogens is 1. The van der Waals surface area contributed by atoms with Crippen LogP contribution >= 0.6 is 11.6 Å². The Balaban J connectivity index is 1.76. The molecule has 2 aromatic carbocycles. The number of anilines is 3. The van der Waals surface area contributed by atoms with E-state index in [0.29, 0.717) is 27.8 Å². The number of carbonyl (C=O) groups is 1. The quantitative estimate of drug-likeness (QED) is 0.695. The second kappa shape index (κ2) is 7.68. The van der Waals surface area contributed by atoms with Gasteiger partial charge in [-0.3, -0.25) is 4.79 Å². The molecular formula is C19H16ClN3O2. The minimum atomic E-state index is -0.238. The summed E-state index contributed by atoms with van der Waals surface area (Å²) in [6.45, 7) is 0. The van der Waals surface area contributed by atoms with E-state index in [1.165, 1.54) is 0 Å². The molecule has 0 saturated carbocycles. The zero-order valence-corrected chi connectivity index (χ0v) is 14.2. The van der Waals surface area contributed by atoms with E-state index in [1.807, 2.05) is 30.3 Å². The third kappa shape index (κ3) is 4.28. The minimum absolute atomic E-state index is 0.238. The summed E-state index contributed by atoms with van der Waals surface area (Å²) in [6, 6.07) is 17.8. The molecule has 1 amide bonds. The smallest absolute Gasteiger partial charge is 0.255 e. The molecule has 0 aliphatic rings. The molecule has 1 aromatic heterocycles. The number of benzene rings is 2. The first-order chi connectivity index (χ1) is 12.2. The summed E-state index contributed by atoms with van der Waals surface area (Å²) in [5.74, 6) is 0.970. The molecule has 1 heterocycles. The van der Waals surface area contributed by atoms with Gasteiger partial charge < -0.3 is 15.4 Å². The van der Waals surface area contributed by atoms with Gasteiger partial charge in [-0.15, -0.1) is 0 Å². The standard InChI is InChI=1S/C19H16ClN3O2/c1-25-15-6-4-5-14(12-15)22-19(24)13-9-10-21-18(11-13)23-17-8-3-2-7-16(17)20/h2-12H,1H3,(H,21,23)(H,22,24). The number of amides is 1. The van der Waals surface area contributed by atoms with Crippen molar-refractivity contribution in [2.24, 2.45) is 0 Å². The summed E-state index contributed by atoms with van der Waals surface area (Å²) in [4.78, 5) is 16.7. The Morgan fingerprint density at radius 3 is 2.72 bits per heavy atom. The Labute approximate surface area is 150 Å². The van der Waals surface area contributed by atoms with Gasteiger partial charge in [0.25, 0.3) is 5.91 Å². The van der Waals surface area contributed by atoms with Gasteiger partial charge in [0.15, 0.2) is 0 Å². The van der Waals surface area contributed by atoms with E-state index < -0.39 is 0 Å². The van der Waals surface area contributed by atoms with Gasteiger partial charge in [0.05, 0.1) is 17.8 Å². The largest absolute Gasteiger partial charge is 0.497 e. The second-order valence-corrected chi connectivity index (χ2v) is 5.63. The number of ether oxygens (including phenoxy) is 1. The zero-order chi connectivity index (χ0) is 17.6. The highest BCUT2D eigenvalue weighted by Crippen LogP contribution is 2.24. The SMILES string of the molecule is COc1cccc(NC(=O)c2ccnc(Nc3ccccc3Cl)c2)c1. The normalized spacial score (nSPS) is 10.2. The number of aromatic nitrogens is 1. The molecule has 0 fully saturated rings. The molecule has 6 heteroatoms. The van der Waals surface area contributed by atoms with E-state index in [1.54, 1.807) is 43.6 Å². The summed E-state index contributed by atoms with van der Waals surface area (Å²) in [6.07, 6.45) is 1.57. The van der Waals surface area contributed by atoms with Crippen molar-refractivity contribution in [1.82, 2.24) is 4.98 Å². The molecule has 0 saturated heterocycles. The van der Waals surface area contributed by atoms with Crippen molar-refractivity contribution in [3.63, 3.8) is 0 Å². The molecule has 5 nitrogen and oxygen atoms in total. The molecule has 25 heavy (non-hydrogen) atoms. The maximum atomic E-state index is 12.5. The molecule has 126 valence electrons. The van der Waals surface area contributed by atoms with Gasteiger partial charge in [0.1, 0.15) is 11.6 Å². The Kier molecular flexibility index (Phi) is 5.16.